The maximum absolute atomic E-state index is 12.3. The van der Waals surface area contributed by atoms with Gasteiger partial charge >= 0.3 is 5.97 Å². The molecule has 1 heterocycles. The Labute approximate surface area is 170 Å². The van der Waals surface area contributed by atoms with E-state index in [2.05, 4.69) is 6.92 Å². The van der Waals surface area contributed by atoms with Crippen LogP contribution in [0.25, 0.3) is 0 Å². The molecule has 29 heavy (non-hydrogen) atoms. The standard InChI is InChI=1S/C20H26N4O5/c1-14-6-5-9-23(11-14)16-8-7-15(10-17(16)24(27)28)19(26)29-12-18(25)22(4)20(2,3)13-21/h7-8,10,14H,5-6,9,11-12H2,1-4H3/t14-/m1/s1. The van der Waals surface area contributed by atoms with Gasteiger partial charge in [-0.15, -0.1) is 0 Å². The Balaban J connectivity index is 2.13. The first-order chi connectivity index (χ1) is 13.6. The summed E-state index contributed by atoms with van der Waals surface area (Å²) in [5.74, 6) is -0.935. The van der Waals surface area contributed by atoms with E-state index in [4.69, 9.17) is 10.00 Å². The molecular weight excluding hydrogens is 376 g/mol. The van der Waals surface area contributed by atoms with Crippen LogP contribution in [-0.2, 0) is 9.53 Å². The average molecular weight is 402 g/mol. The quantitative estimate of drug-likeness (QED) is 0.408. The third-order valence-electron chi connectivity index (χ3n) is 5.22. The molecule has 0 aliphatic carbocycles. The van der Waals surface area contributed by atoms with Crippen LogP contribution in [0.15, 0.2) is 18.2 Å². The summed E-state index contributed by atoms with van der Waals surface area (Å²) in [5.41, 5.74) is -0.733. The third kappa shape index (κ3) is 5.22. The lowest BCUT2D eigenvalue weighted by Crippen LogP contribution is -2.45. The highest BCUT2D eigenvalue weighted by Crippen LogP contribution is 2.32. The number of hydrogen-bond donors (Lipinski definition) is 0. The molecular formula is C20H26N4O5. The molecule has 1 amide bonds. The lowest BCUT2D eigenvalue weighted by molar-refractivity contribution is -0.384. The molecule has 1 aliphatic heterocycles. The lowest BCUT2D eigenvalue weighted by Gasteiger charge is -2.32. The average Bonchev–Trinajstić information content (AvgIpc) is 2.70. The van der Waals surface area contributed by atoms with E-state index in [1.807, 2.05) is 11.0 Å². The normalized spacial score (nSPS) is 16.7. The summed E-state index contributed by atoms with van der Waals surface area (Å²) >= 11 is 0. The molecule has 1 aromatic carbocycles. The summed E-state index contributed by atoms with van der Waals surface area (Å²) in [6.45, 7) is 6.13. The minimum Gasteiger partial charge on any atom is -0.452 e. The fourth-order valence-corrected chi connectivity index (χ4v) is 3.17. The van der Waals surface area contributed by atoms with Crippen molar-refractivity contribution in [2.75, 3.05) is 31.6 Å². The summed E-state index contributed by atoms with van der Waals surface area (Å²) < 4.78 is 5.01. The van der Waals surface area contributed by atoms with Gasteiger partial charge in [-0.05, 0) is 44.7 Å². The number of likely N-dealkylation sites (N-methyl/N-ethyl adjacent to an activating group) is 1. The van der Waals surface area contributed by atoms with Crippen LogP contribution in [0.1, 0.15) is 44.0 Å². The number of benzene rings is 1. The van der Waals surface area contributed by atoms with Gasteiger partial charge in [-0.1, -0.05) is 6.92 Å². The summed E-state index contributed by atoms with van der Waals surface area (Å²) in [6.07, 6.45) is 2.04. The van der Waals surface area contributed by atoms with Crippen molar-refractivity contribution in [2.24, 2.45) is 5.92 Å². The number of nitro groups is 1. The highest BCUT2D eigenvalue weighted by atomic mass is 16.6. The second kappa shape index (κ2) is 8.90. The first kappa shape index (κ1) is 22.1. The Kier molecular flexibility index (Phi) is 6.80. The number of amides is 1. The van der Waals surface area contributed by atoms with Gasteiger partial charge in [-0.2, -0.15) is 5.26 Å². The molecule has 1 saturated heterocycles. The molecule has 0 radical (unpaired) electrons. The number of carbonyl (C=O) groups excluding carboxylic acids is 2. The van der Waals surface area contributed by atoms with Crippen molar-refractivity contribution in [3.8, 4) is 6.07 Å². The van der Waals surface area contributed by atoms with Gasteiger partial charge in [0.15, 0.2) is 6.61 Å². The van der Waals surface area contributed by atoms with E-state index in [1.165, 1.54) is 24.1 Å². The van der Waals surface area contributed by atoms with Crippen LogP contribution in [-0.4, -0.2) is 54.0 Å². The van der Waals surface area contributed by atoms with Gasteiger partial charge in [-0.3, -0.25) is 14.9 Å². The van der Waals surface area contributed by atoms with E-state index in [1.54, 1.807) is 19.9 Å². The number of hydrogen-bond acceptors (Lipinski definition) is 7. The summed E-state index contributed by atoms with van der Waals surface area (Å²) in [6, 6.07) is 6.20. The molecule has 1 aromatic rings. The van der Waals surface area contributed by atoms with Crippen LogP contribution in [0.2, 0.25) is 0 Å². The topological polar surface area (TPSA) is 117 Å². The van der Waals surface area contributed by atoms with Gasteiger partial charge in [0.1, 0.15) is 11.2 Å². The summed E-state index contributed by atoms with van der Waals surface area (Å²) in [7, 11) is 1.44. The van der Waals surface area contributed by atoms with Crippen molar-refractivity contribution in [3.63, 3.8) is 0 Å². The largest absolute Gasteiger partial charge is 0.452 e. The zero-order valence-corrected chi connectivity index (χ0v) is 17.2. The van der Waals surface area contributed by atoms with E-state index in [0.717, 1.165) is 25.9 Å². The van der Waals surface area contributed by atoms with E-state index >= 15 is 0 Å². The highest BCUT2D eigenvalue weighted by molar-refractivity contribution is 5.93. The smallest absolute Gasteiger partial charge is 0.338 e. The summed E-state index contributed by atoms with van der Waals surface area (Å²) in [5, 5.41) is 20.6. The molecule has 2 rings (SSSR count). The zero-order valence-electron chi connectivity index (χ0n) is 17.2. The minimum absolute atomic E-state index is 0.000467. The number of nitrogens with zero attached hydrogens (tertiary/aromatic N) is 4. The number of nitro benzene ring substituents is 1. The molecule has 0 aromatic heterocycles. The van der Waals surface area contributed by atoms with Gasteiger partial charge in [0.05, 0.1) is 16.6 Å². The minimum atomic E-state index is -1.05. The maximum atomic E-state index is 12.3. The van der Waals surface area contributed by atoms with Crippen LogP contribution in [0.4, 0.5) is 11.4 Å². The molecule has 156 valence electrons. The molecule has 0 bridgehead atoms. The molecule has 1 aliphatic rings. The molecule has 9 nitrogen and oxygen atoms in total. The van der Waals surface area contributed by atoms with Crippen LogP contribution >= 0.6 is 0 Å². The van der Waals surface area contributed by atoms with Crippen LogP contribution < -0.4 is 4.90 Å². The molecule has 0 saturated carbocycles. The molecule has 1 atom stereocenters. The number of anilines is 1. The third-order valence-corrected chi connectivity index (χ3v) is 5.22. The van der Waals surface area contributed by atoms with Gasteiger partial charge in [0.25, 0.3) is 11.6 Å². The Morgan fingerprint density at radius 2 is 2.14 bits per heavy atom. The van der Waals surface area contributed by atoms with Crippen LogP contribution in [0.3, 0.4) is 0 Å². The van der Waals surface area contributed by atoms with Crippen molar-refractivity contribution >= 4 is 23.3 Å². The monoisotopic (exact) mass is 402 g/mol. The van der Waals surface area contributed by atoms with Crippen LogP contribution in [0.5, 0.6) is 0 Å². The lowest BCUT2D eigenvalue weighted by atomic mass is 9.99. The van der Waals surface area contributed by atoms with Gasteiger partial charge in [-0.25, -0.2) is 4.79 Å². The number of esters is 1. The van der Waals surface area contributed by atoms with Gasteiger partial charge in [0, 0.05) is 26.2 Å². The fraction of sp³-hybridized carbons (Fsp3) is 0.550. The summed E-state index contributed by atoms with van der Waals surface area (Å²) in [4.78, 5) is 38.6. The van der Waals surface area contributed by atoms with Crippen molar-refractivity contribution in [1.82, 2.24) is 4.90 Å². The van der Waals surface area contributed by atoms with E-state index < -0.39 is 28.9 Å². The van der Waals surface area contributed by atoms with Crippen LogP contribution in [0, 0.1) is 27.4 Å². The Morgan fingerprint density at radius 3 is 2.72 bits per heavy atom. The van der Waals surface area contributed by atoms with E-state index in [0.29, 0.717) is 11.6 Å². The number of piperidine rings is 1. The second-order valence-electron chi connectivity index (χ2n) is 7.85. The molecule has 9 heteroatoms. The number of nitriles is 1. The van der Waals surface area contributed by atoms with Crippen molar-refractivity contribution in [3.05, 3.63) is 33.9 Å². The zero-order chi connectivity index (χ0) is 21.8. The molecule has 0 spiro atoms. The van der Waals surface area contributed by atoms with E-state index in [-0.39, 0.29) is 11.3 Å². The van der Waals surface area contributed by atoms with Gasteiger partial charge < -0.3 is 14.5 Å². The molecule has 0 N–H and O–H groups in total. The molecule has 0 unspecified atom stereocenters. The highest BCUT2D eigenvalue weighted by Gasteiger charge is 2.29. The number of rotatable bonds is 6. The Hall–Kier alpha value is -3.15. The first-order valence-electron chi connectivity index (χ1n) is 9.45. The Morgan fingerprint density at radius 1 is 1.45 bits per heavy atom. The Bertz CT molecular complexity index is 846. The predicted molar refractivity (Wildman–Crippen MR) is 106 cm³/mol. The maximum Gasteiger partial charge on any atom is 0.338 e. The van der Waals surface area contributed by atoms with Crippen molar-refractivity contribution in [1.29, 1.82) is 5.26 Å². The molecule has 1 fully saturated rings. The van der Waals surface area contributed by atoms with E-state index in [9.17, 15) is 19.7 Å². The number of ether oxygens (including phenoxy) is 1. The first-order valence-corrected chi connectivity index (χ1v) is 9.45. The SMILES string of the molecule is C[C@@H]1CCCN(c2ccc(C(=O)OCC(=O)N(C)C(C)(C)C#N)cc2[N+](=O)[O-])C1. The van der Waals surface area contributed by atoms with Gasteiger partial charge in [0.2, 0.25) is 0 Å². The predicted octanol–water partition coefficient (Wildman–Crippen LogP) is 2.75. The number of carbonyl (C=O) groups is 2. The van der Waals surface area contributed by atoms with Crippen molar-refractivity contribution in [2.45, 2.75) is 39.2 Å². The van der Waals surface area contributed by atoms with Crippen molar-refractivity contribution < 1.29 is 19.2 Å². The fourth-order valence-electron chi connectivity index (χ4n) is 3.17. The second-order valence-corrected chi connectivity index (χ2v) is 7.85.